The van der Waals surface area contributed by atoms with Crippen LogP contribution in [0.15, 0.2) is 53.9 Å². The normalized spacial score (nSPS) is 10.4. The molecule has 2 aromatic carbocycles. The fraction of sp³-hybridized carbons (Fsp3) is 0.0526. The van der Waals surface area contributed by atoms with Gasteiger partial charge in [-0.15, -0.1) is 11.3 Å². The first kappa shape index (κ1) is 17.6. The topological polar surface area (TPSA) is 78.4 Å². The number of urea groups is 1. The van der Waals surface area contributed by atoms with Gasteiger partial charge in [0.15, 0.2) is 0 Å². The third-order valence-electron chi connectivity index (χ3n) is 3.65. The van der Waals surface area contributed by atoms with E-state index in [9.17, 15) is 19.1 Å². The van der Waals surface area contributed by atoms with Crippen LogP contribution in [0, 0.1) is 12.7 Å². The Bertz CT molecular complexity index is 967. The molecule has 0 aliphatic rings. The van der Waals surface area contributed by atoms with Crippen LogP contribution < -0.4 is 10.6 Å². The van der Waals surface area contributed by atoms with Crippen LogP contribution >= 0.6 is 11.3 Å². The molecule has 3 rings (SSSR count). The Morgan fingerprint density at radius 1 is 1.08 bits per heavy atom. The number of aromatic carboxylic acids is 1. The minimum Gasteiger partial charge on any atom is -0.478 e. The van der Waals surface area contributed by atoms with Gasteiger partial charge < -0.3 is 15.7 Å². The molecule has 2 amide bonds. The molecule has 0 unspecified atom stereocenters. The van der Waals surface area contributed by atoms with Gasteiger partial charge in [-0.05, 0) is 30.7 Å². The van der Waals surface area contributed by atoms with Crippen molar-refractivity contribution in [1.29, 1.82) is 0 Å². The quantitative estimate of drug-likeness (QED) is 0.590. The molecular weight excluding hydrogens is 355 g/mol. The Morgan fingerprint density at radius 3 is 2.46 bits per heavy atom. The highest BCUT2D eigenvalue weighted by molar-refractivity contribution is 7.14. The molecule has 0 aliphatic carbocycles. The van der Waals surface area contributed by atoms with Crippen LogP contribution in [-0.4, -0.2) is 17.1 Å². The lowest BCUT2D eigenvalue weighted by atomic mass is 10.1. The monoisotopic (exact) mass is 370 g/mol. The predicted octanol–water partition coefficient (Wildman–Crippen LogP) is 5.20. The summed E-state index contributed by atoms with van der Waals surface area (Å²) >= 11 is 1.23. The number of hydrogen-bond acceptors (Lipinski definition) is 3. The second-order valence-corrected chi connectivity index (χ2v) is 6.49. The van der Waals surface area contributed by atoms with Crippen molar-refractivity contribution in [2.75, 3.05) is 10.6 Å². The number of halogens is 1. The van der Waals surface area contributed by atoms with Gasteiger partial charge in [0, 0.05) is 11.1 Å². The SMILES string of the molecule is Cc1ccc(-c2scc(NC(=O)Nc3cccc(F)c3)c2C(=O)O)cc1. The number of anilines is 2. The van der Waals surface area contributed by atoms with Gasteiger partial charge in [0.05, 0.1) is 10.6 Å². The van der Waals surface area contributed by atoms with Gasteiger partial charge in [-0.1, -0.05) is 35.9 Å². The summed E-state index contributed by atoms with van der Waals surface area (Å²) in [6, 6.07) is 12.2. The molecule has 3 aromatic rings. The van der Waals surface area contributed by atoms with Crippen LogP contribution in [0.2, 0.25) is 0 Å². The summed E-state index contributed by atoms with van der Waals surface area (Å²) in [5.41, 5.74) is 2.31. The van der Waals surface area contributed by atoms with Crippen LogP contribution in [0.3, 0.4) is 0 Å². The molecule has 0 spiro atoms. The zero-order chi connectivity index (χ0) is 18.7. The highest BCUT2D eigenvalue weighted by Gasteiger charge is 2.21. The molecule has 0 atom stereocenters. The Balaban J connectivity index is 1.85. The Morgan fingerprint density at radius 2 is 1.81 bits per heavy atom. The molecule has 3 N–H and O–H groups in total. The number of aryl methyl sites for hydroxylation is 1. The number of benzene rings is 2. The molecule has 0 bridgehead atoms. The molecule has 0 aliphatic heterocycles. The van der Waals surface area contributed by atoms with Gasteiger partial charge in [0.2, 0.25) is 0 Å². The molecule has 26 heavy (non-hydrogen) atoms. The van der Waals surface area contributed by atoms with E-state index in [-0.39, 0.29) is 16.9 Å². The smallest absolute Gasteiger partial charge is 0.339 e. The van der Waals surface area contributed by atoms with Crippen LogP contribution in [0.5, 0.6) is 0 Å². The standard InChI is InChI=1S/C19H15FN2O3S/c1-11-5-7-12(8-6-11)17-16(18(23)24)15(10-26-17)22-19(25)21-14-4-2-3-13(20)9-14/h2-10H,1H3,(H,23,24)(H2,21,22,25). The zero-order valence-corrected chi connectivity index (χ0v) is 14.6. The Kier molecular flexibility index (Phi) is 4.99. The summed E-state index contributed by atoms with van der Waals surface area (Å²) in [4.78, 5) is 24.4. The van der Waals surface area contributed by atoms with Crippen molar-refractivity contribution >= 4 is 34.7 Å². The molecule has 0 radical (unpaired) electrons. The fourth-order valence-corrected chi connectivity index (χ4v) is 3.43. The van der Waals surface area contributed by atoms with E-state index >= 15 is 0 Å². The van der Waals surface area contributed by atoms with Crippen molar-refractivity contribution in [1.82, 2.24) is 0 Å². The van der Waals surface area contributed by atoms with Crippen LogP contribution in [0.25, 0.3) is 10.4 Å². The molecule has 5 nitrogen and oxygen atoms in total. The Hall–Kier alpha value is -3.19. The number of carboxylic acid groups (broad SMARTS) is 1. The van der Waals surface area contributed by atoms with Gasteiger partial charge in [0.25, 0.3) is 0 Å². The van der Waals surface area contributed by atoms with E-state index in [0.717, 1.165) is 11.1 Å². The predicted molar refractivity (Wildman–Crippen MR) is 100 cm³/mol. The number of nitrogens with one attached hydrogen (secondary N) is 2. The van der Waals surface area contributed by atoms with E-state index in [1.807, 2.05) is 31.2 Å². The molecule has 0 saturated carbocycles. The molecule has 7 heteroatoms. The lowest BCUT2D eigenvalue weighted by molar-refractivity contribution is 0.0699. The summed E-state index contributed by atoms with van der Waals surface area (Å²) in [6.07, 6.45) is 0. The zero-order valence-electron chi connectivity index (χ0n) is 13.7. The van der Waals surface area contributed by atoms with Crippen molar-refractivity contribution in [2.24, 2.45) is 0 Å². The maximum atomic E-state index is 13.2. The lowest BCUT2D eigenvalue weighted by Crippen LogP contribution is -2.20. The molecule has 1 heterocycles. The van der Waals surface area contributed by atoms with E-state index in [1.165, 1.54) is 35.6 Å². The maximum Gasteiger partial charge on any atom is 0.339 e. The average Bonchev–Trinajstić information content (AvgIpc) is 2.99. The number of carboxylic acids is 1. The van der Waals surface area contributed by atoms with E-state index in [2.05, 4.69) is 10.6 Å². The second kappa shape index (κ2) is 7.37. The number of carbonyl (C=O) groups excluding carboxylic acids is 1. The van der Waals surface area contributed by atoms with Crippen LogP contribution in [0.1, 0.15) is 15.9 Å². The van der Waals surface area contributed by atoms with Gasteiger partial charge in [-0.25, -0.2) is 14.0 Å². The van der Waals surface area contributed by atoms with E-state index in [1.54, 1.807) is 5.38 Å². The van der Waals surface area contributed by atoms with Crippen molar-refractivity contribution < 1.29 is 19.1 Å². The summed E-state index contributed by atoms with van der Waals surface area (Å²) in [6.45, 7) is 1.94. The van der Waals surface area contributed by atoms with Gasteiger partial charge in [0.1, 0.15) is 11.4 Å². The maximum absolute atomic E-state index is 13.2. The van der Waals surface area contributed by atoms with Crippen molar-refractivity contribution in [2.45, 2.75) is 6.92 Å². The molecule has 0 fully saturated rings. The Labute approximate surface area is 153 Å². The van der Waals surface area contributed by atoms with Gasteiger partial charge in [-0.2, -0.15) is 0 Å². The highest BCUT2D eigenvalue weighted by atomic mass is 32.1. The van der Waals surface area contributed by atoms with Crippen molar-refractivity contribution in [3.05, 3.63) is 70.9 Å². The second-order valence-electron chi connectivity index (χ2n) is 5.61. The first-order chi connectivity index (χ1) is 12.4. The summed E-state index contributed by atoms with van der Waals surface area (Å²) < 4.78 is 13.2. The molecule has 132 valence electrons. The fourth-order valence-electron chi connectivity index (χ4n) is 2.43. The minimum atomic E-state index is -1.14. The number of carbonyl (C=O) groups is 2. The van der Waals surface area contributed by atoms with Gasteiger partial charge in [-0.3, -0.25) is 0 Å². The van der Waals surface area contributed by atoms with Crippen LogP contribution in [-0.2, 0) is 0 Å². The summed E-state index contributed by atoms with van der Waals surface area (Å²) in [5.74, 6) is -1.62. The van der Waals surface area contributed by atoms with Crippen molar-refractivity contribution in [3.8, 4) is 10.4 Å². The number of hydrogen-bond donors (Lipinski definition) is 3. The average molecular weight is 370 g/mol. The van der Waals surface area contributed by atoms with E-state index in [4.69, 9.17) is 0 Å². The third-order valence-corrected chi connectivity index (χ3v) is 4.68. The van der Waals surface area contributed by atoms with E-state index in [0.29, 0.717) is 4.88 Å². The summed E-state index contributed by atoms with van der Waals surface area (Å²) in [5, 5.41) is 16.1. The number of amides is 2. The van der Waals surface area contributed by atoms with Gasteiger partial charge >= 0.3 is 12.0 Å². The lowest BCUT2D eigenvalue weighted by Gasteiger charge is -2.08. The summed E-state index contributed by atoms with van der Waals surface area (Å²) in [7, 11) is 0. The number of thiophene rings is 1. The molecule has 0 saturated heterocycles. The van der Waals surface area contributed by atoms with Crippen LogP contribution in [0.4, 0.5) is 20.6 Å². The number of rotatable bonds is 4. The van der Waals surface area contributed by atoms with E-state index < -0.39 is 17.8 Å². The van der Waals surface area contributed by atoms with Crippen molar-refractivity contribution in [3.63, 3.8) is 0 Å². The first-order valence-corrected chi connectivity index (χ1v) is 8.57. The largest absolute Gasteiger partial charge is 0.478 e. The first-order valence-electron chi connectivity index (χ1n) is 7.69. The third kappa shape index (κ3) is 3.89. The molecule has 1 aromatic heterocycles. The molecular formula is C19H15FN2O3S. The minimum absolute atomic E-state index is 0.0215. The highest BCUT2D eigenvalue weighted by Crippen LogP contribution is 2.36.